The molecule has 0 heterocycles. The third-order valence-electron chi connectivity index (χ3n) is 1.11. The molecular formula is C6H5IO3S. The lowest BCUT2D eigenvalue weighted by Crippen LogP contribution is -1.99. The average molecular weight is 284 g/mol. The normalized spacial score (nSPS) is 11.5. The molecule has 0 atom stereocenters. The van der Waals surface area contributed by atoms with Crippen molar-refractivity contribution in [1.82, 2.24) is 0 Å². The molecule has 1 aromatic rings. The van der Waals surface area contributed by atoms with Crippen molar-refractivity contribution >= 4 is 32.7 Å². The van der Waals surface area contributed by atoms with Crippen LogP contribution in [-0.4, -0.2) is 13.0 Å². The summed E-state index contributed by atoms with van der Waals surface area (Å²) in [4.78, 5) is -0.0411. The fourth-order valence-corrected chi connectivity index (χ4v) is 2.44. The Kier molecular flexibility index (Phi) is 2.50. The van der Waals surface area contributed by atoms with Crippen LogP contribution in [0, 0.1) is 3.57 Å². The fraction of sp³-hybridized carbons (Fsp3) is 0. The SMILES string of the molecule is O=S(=O)(O)c1ccccc1I. The van der Waals surface area contributed by atoms with E-state index in [2.05, 4.69) is 0 Å². The van der Waals surface area contributed by atoms with Crippen LogP contribution in [0.1, 0.15) is 0 Å². The molecule has 1 aromatic carbocycles. The number of hydrogen-bond acceptors (Lipinski definition) is 2. The van der Waals surface area contributed by atoms with E-state index < -0.39 is 10.1 Å². The quantitative estimate of drug-likeness (QED) is 0.628. The van der Waals surface area contributed by atoms with E-state index >= 15 is 0 Å². The van der Waals surface area contributed by atoms with Gasteiger partial charge in [-0.2, -0.15) is 8.42 Å². The van der Waals surface area contributed by atoms with E-state index in [9.17, 15) is 8.42 Å². The summed E-state index contributed by atoms with van der Waals surface area (Å²) >= 11 is 1.85. The van der Waals surface area contributed by atoms with Gasteiger partial charge in [0.1, 0.15) is 4.90 Å². The minimum absolute atomic E-state index is 0.0411. The molecule has 0 aliphatic heterocycles. The van der Waals surface area contributed by atoms with Crippen molar-refractivity contribution in [2.24, 2.45) is 0 Å². The molecule has 0 fully saturated rings. The highest BCUT2D eigenvalue weighted by molar-refractivity contribution is 14.1. The van der Waals surface area contributed by atoms with E-state index in [1.165, 1.54) is 6.07 Å². The second-order valence-corrected chi connectivity index (χ2v) is 4.46. The monoisotopic (exact) mass is 284 g/mol. The second kappa shape index (κ2) is 3.08. The van der Waals surface area contributed by atoms with Crippen LogP contribution >= 0.6 is 22.6 Å². The lowest BCUT2D eigenvalue weighted by molar-refractivity contribution is 0.482. The third kappa shape index (κ3) is 2.14. The second-order valence-electron chi connectivity index (χ2n) is 1.91. The van der Waals surface area contributed by atoms with Gasteiger partial charge in [0, 0.05) is 3.57 Å². The maximum absolute atomic E-state index is 10.6. The Balaban J connectivity index is 3.37. The topological polar surface area (TPSA) is 54.4 Å². The van der Waals surface area contributed by atoms with E-state index in [-0.39, 0.29) is 4.90 Å². The number of halogens is 1. The first kappa shape index (κ1) is 8.95. The molecule has 0 radical (unpaired) electrons. The lowest BCUT2D eigenvalue weighted by atomic mass is 10.4. The van der Waals surface area contributed by atoms with Crippen molar-refractivity contribution in [3.8, 4) is 0 Å². The summed E-state index contributed by atoms with van der Waals surface area (Å²) in [5.41, 5.74) is 0. The smallest absolute Gasteiger partial charge is 0.282 e. The van der Waals surface area contributed by atoms with Gasteiger partial charge in [0.25, 0.3) is 10.1 Å². The molecule has 1 rings (SSSR count). The van der Waals surface area contributed by atoms with Crippen molar-refractivity contribution in [1.29, 1.82) is 0 Å². The fourth-order valence-electron chi connectivity index (χ4n) is 0.654. The van der Waals surface area contributed by atoms with Crippen LogP contribution in [0.3, 0.4) is 0 Å². The van der Waals surface area contributed by atoms with Gasteiger partial charge in [-0.1, -0.05) is 12.1 Å². The van der Waals surface area contributed by atoms with Crippen LogP contribution in [-0.2, 0) is 10.1 Å². The Morgan fingerprint density at radius 1 is 1.27 bits per heavy atom. The Labute approximate surface area is 78.3 Å². The average Bonchev–Trinajstić information content (AvgIpc) is 1.86. The minimum Gasteiger partial charge on any atom is -0.282 e. The van der Waals surface area contributed by atoms with Gasteiger partial charge in [0.15, 0.2) is 0 Å². The molecule has 3 nitrogen and oxygen atoms in total. The molecule has 0 spiro atoms. The van der Waals surface area contributed by atoms with E-state index in [0.29, 0.717) is 3.57 Å². The van der Waals surface area contributed by atoms with Gasteiger partial charge in [-0.25, -0.2) is 0 Å². The van der Waals surface area contributed by atoms with Crippen LogP contribution in [0.2, 0.25) is 0 Å². The summed E-state index contributed by atoms with van der Waals surface area (Å²) in [6.07, 6.45) is 0. The van der Waals surface area contributed by atoms with Gasteiger partial charge in [-0.3, -0.25) is 4.55 Å². The molecule has 0 saturated heterocycles. The molecule has 0 aliphatic rings. The van der Waals surface area contributed by atoms with Crippen LogP contribution in [0.4, 0.5) is 0 Å². The zero-order valence-electron chi connectivity index (χ0n) is 5.36. The molecule has 1 N–H and O–H groups in total. The van der Waals surface area contributed by atoms with E-state index in [1.807, 2.05) is 22.6 Å². The van der Waals surface area contributed by atoms with Gasteiger partial charge in [-0.05, 0) is 34.7 Å². The van der Waals surface area contributed by atoms with Crippen LogP contribution in [0.25, 0.3) is 0 Å². The van der Waals surface area contributed by atoms with Crippen molar-refractivity contribution in [2.45, 2.75) is 4.90 Å². The van der Waals surface area contributed by atoms with E-state index in [0.717, 1.165) is 0 Å². The maximum atomic E-state index is 10.6. The number of hydrogen-bond donors (Lipinski definition) is 1. The zero-order valence-corrected chi connectivity index (χ0v) is 8.33. The lowest BCUT2D eigenvalue weighted by Gasteiger charge is -1.97. The minimum atomic E-state index is -4.04. The molecule has 0 unspecified atom stereocenters. The molecule has 0 aromatic heterocycles. The number of benzene rings is 1. The summed E-state index contributed by atoms with van der Waals surface area (Å²) < 4.78 is 30.4. The number of rotatable bonds is 1. The van der Waals surface area contributed by atoms with Gasteiger partial charge < -0.3 is 0 Å². The van der Waals surface area contributed by atoms with Gasteiger partial charge in [0.2, 0.25) is 0 Å². The van der Waals surface area contributed by atoms with Crippen LogP contribution < -0.4 is 0 Å². The first-order valence-electron chi connectivity index (χ1n) is 2.74. The van der Waals surface area contributed by atoms with Gasteiger partial charge >= 0.3 is 0 Å². The summed E-state index contributed by atoms with van der Waals surface area (Å²) in [6, 6.07) is 6.24. The summed E-state index contributed by atoms with van der Waals surface area (Å²) in [5.74, 6) is 0. The van der Waals surface area contributed by atoms with Crippen molar-refractivity contribution in [3.63, 3.8) is 0 Å². The summed E-state index contributed by atoms with van der Waals surface area (Å²) in [6.45, 7) is 0. The van der Waals surface area contributed by atoms with Gasteiger partial charge in [-0.15, -0.1) is 0 Å². The Bertz CT molecular complexity index is 358. The van der Waals surface area contributed by atoms with Crippen molar-refractivity contribution < 1.29 is 13.0 Å². The highest BCUT2D eigenvalue weighted by Crippen LogP contribution is 2.16. The summed E-state index contributed by atoms with van der Waals surface area (Å²) in [7, 11) is -4.04. The van der Waals surface area contributed by atoms with E-state index in [1.54, 1.807) is 18.2 Å². The maximum Gasteiger partial charge on any atom is 0.295 e. The molecule has 0 saturated carbocycles. The zero-order chi connectivity index (χ0) is 8.48. The Morgan fingerprint density at radius 2 is 1.82 bits per heavy atom. The molecule has 60 valence electrons. The largest absolute Gasteiger partial charge is 0.295 e. The van der Waals surface area contributed by atoms with Crippen molar-refractivity contribution in [2.75, 3.05) is 0 Å². The summed E-state index contributed by atoms with van der Waals surface area (Å²) in [5, 5.41) is 0. The molecule has 0 bridgehead atoms. The predicted octanol–water partition coefficient (Wildman–Crippen LogP) is 1.54. The molecule has 5 heteroatoms. The standard InChI is InChI=1S/C6H5IO3S/c7-5-3-1-2-4-6(5)11(8,9)10/h1-4H,(H,8,9,10). The van der Waals surface area contributed by atoms with Crippen molar-refractivity contribution in [3.05, 3.63) is 27.8 Å². The van der Waals surface area contributed by atoms with E-state index in [4.69, 9.17) is 4.55 Å². The first-order chi connectivity index (χ1) is 5.02. The molecular weight excluding hydrogens is 279 g/mol. The highest BCUT2D eigenvalue weighted by Gasteiger charge is 2.11. The van der Waals surface area contributed by atoms with Gasteiger partial charge in [0.05, 0.1) is 0 Å². The van der Waals surface area contributed by atoms with Crippen LogP contribution in [0.5, 0.6) is 0 Å². The highest BCUT2D eigenvalue weighted by atomic mass is 127. The first-order valence-corrected chi connectivity index (χ1v) is 5.26. The Morgan fingerprint density at radius 3 is 2.18 bits per heavy atom. The molecule has 0 aliphatic carbocycles. The molecule has 0 amide bonds. The Hall–Kier alpha value is -0.140. The van der Waals surface area contributed by atoms with Crippen LogP contribution in [0.15, 0.2) is 29.2 Å². The third-order valence-corrected chi connectivity index (χ3v) is 3.33. The molecule has 11 heavy (non-hydrogen) atoms. The predicted molar refractivity (Wildman–Crippen MR) is 49.0 cm³/mol.